The molecule has 1 aliphatic heterocycles. The lowest BCUT2D eigenvalue weighted by molar-refractivity contribution is 0.00578. The molecule has 1 heterocycles. The number of benzene rings is 1. The number of carbonyl (C=O) groups is 1. The van der Waals surface area contributed by atoms with Gasteiger partial charge < -0.3 is 26.1 Å². The van der Waals surface area contributed by atoms with Crippen molar-refractivity contribution in [2.45, 2.75) is 38.9 Å². The number of amides is 2. The molecule has 0 atom stereocenters. The zero-order chi connectivity index (χ0) is 17.3. The van der Waals surface area contributed by atoms with Crippen molar-refractivity contribution in [2.24, 2.45) is 11.5 Å². The van der Waals surface area contributed by atoms with Crippen molar-refractivity contribution in [3.8, 4) is 0 Å². The van der Waals surface area contributed by atoms with E-state index in [9.17, 15) is 4.79 Å². The number of carbonyl (C=O) groups excluding carboxylic acids is 1. The summed E-state index contributed by atoms with van der Waals surface area (Å²) in [5.74, 6) is 0. The Morgan fingerprint density at radius 3 is 2.13 bits per heavy atom. The molecule has 7 heteroatoms. The SMILES string of the molecule is CC1(C)OB(C(=Cc2ccc(NC(N)=O)cc2)CN)OC1(C)C. The predicted molar refractivity (Wildman–Crippen MR) is 92.8 cm³/mol. The minimum atomic E-state index is -0.590. The van der Waals surface area contributed by atoms with Crippen molar-refractivity contribution in [1.82, 2.24) is 0 Å². The van der Waals surface area contributed by atoms with Gasteiger partial charge in [0.25, 0.3) is 0 Å². The quantitative estimate of drug-likeness (QED) is 0.741. The molecular formula is C16H24BN3O3. The van der Waals surface area contributed by atoms with Crippen LogP contribution in [0.2, 0.25) is 0 Å². The van der Waals surface area contributed by atoms with E-state index >= 15 is 0 Å². The molecule has 1 saturated heterocycles. The van der Waals surface area contributed by atoms with Crippen molar-refractivity contribution >= 4 is 24.9 Å². The van der Waals surface area contributed by atoms with Crippen LogP contribution >= 0.6 is 0 Å². The van der Waals surface area contributed by atoms with Gasteiger partial charge in [-0.15, -0.1) is 0 Å². The van der Waals surface area contributed by atoms with Crippen LogP contribution in [-0.4, -0.2) is 30.9 Å². The van der Waals surface area contributed by atoms with Crippen molar-refractivity contribution in [1.29, 1.82) is 0 Å². The minimum Gasteiger partial charge on any atom is -0.400 e. The average molecular weight is 317 g/mol. The Labute approximate surface area is 137 Å². The summed E-state index contributed by atoms with van der Waals surface area (Å²) in [7, 11) is -0.464. The predicted octanol–water partition coefficient (Wildman–Crippen LogP) is 2.15. The molecule has 0 spiro atoms. The van der Waals surface area contributed by atoms with Crippen LogP contribution in [0.25, 0.3) is 6.08 Å². The van der Waals surface area contributed by atoms with E-state index in [1.807, 2.05) is 45.9 Å². The molecule has 0 aliphatic carbocycles. The highest BCUT2D eigenvalue weighted by Gasteiger charge is 2.52. The summed E-state index contributed by atoms with van der Waals surface area (Å²) in [6, 6.07) is 6.69. The van der Waals surface area contributed by atoms with Gasteiger partial charge in [-0.2, -0.15) is 0 Å². The smallest absolute Gasteiger partial charge is 0.400 e. The van der Waals surface area contributed by atoms with Gasteiger partial charge in [-0.05, 0) is 50.9 Å². The first-order valence-electron chi connectivity index (χ1n) is 7.57. The molecule has 5 N–H and O–H groups in total. The second-order valence-electron chi connectivity index (χ2n) is 6.62. The number of rotatable bonds is 4. The van der Waals surface area contributed by atoms with Crippen LogP contribution in [0.3, 0.4) is 0 Å². The van der Waals surface area contributed by atoms with Crippen molar-refractivity contribution < 1.29 is 14.1 Å². The normalized spacial score (nSPS) is 19.7. The van der Waals surface area contributed by atoms with Crippen LogP contribution < -0.4 is 16.8 Å². The third-order valence-electron chi connectivity index (χ3n) is 4.32. The summed E-state index contributed by atoms with van der Waals surface area (Å²) in [5, 5.41) is 2.52. The summed E-state index contributed by atoms with van der Waals surface area (Å²) in [5.41, 5.74) is 12.6. The molecule has 6 nitrogen and oxygen atoms in total. The lowest BCUT2D eigenvalue weighted by Crippen LogP contribution is -2.41. The standard InChI is InChI=1S/C16H24BN3O3/c1-15(2)16(3,4)23-17(22-15)12(10-18)9-11-5-7-13(8-6-11)20-14(19)21/h5-9H,10,18H2,1-4H3,(H3,19,20,21). The zero-order valence-corrected chi connectivity index (χ0v) is 14.1. The minimum absolute atomic E-state index is 0.331. The van der Waals surface area contributed by atoms with E-state index < -0.39 is 24.4 Å². The fourth-order valence-corrected chi connectivity index (χ4v) is 2.24. The number of hydrogen-bond acceptors (Lipinski definition) is 4. The fourth-order valence-electron chi connectivity index (χ4n) is 2.24. The van der Waals surface area contributed by atoms with Crippen LogP contribution in [0.1, 0.15) is 33.3 Å². The first-order chi connectivity index (χ1) is 10.6. The summed E-state index contributed by atoms with van der Waals surface area (Å²) in [6.07, 6.45) is 1.94. The third kappa shape index (κ3) is 3.93. The molecule has 1 aromatic rings. The summed E-state index contributed by atoms with van der Waals surface area (Å²) in [4.78, 5) is 10.8. The van der Waals surface area contributed by atoms with Gasteiger partial charge in [0.2, 0.25) is 0 Å². The van der Waals surface area contributed by atoms with E-state index in [4.69, 9.17) is 20.8 Å². The zero-order valence-electron chi connectivity index (χ0n) is 14.1. The van der Waals surface area contributed by atoms with Gasteiger partial charge in [0.05, 0.1) is 11.2 Å². The summed E-state index contributed by atoms with van der Waals surface area (Å²) < 4.78 is 12.0. The highest BCUT2D eigenvalue weighted by molar-refractivity contribution is 6.55. The van der Waals surface area contributed by atoms with Crippen LogP contribution in [0.15, 0.2) is 29.7 Å². The fraction of sp³-hybridized carbons (Fsp3) is 0.438. The van der Waals surface area contributed by atoms with Gasteiger partial charge in [-0.1, -0.05) is 18.2 Å². The average Bonchev–Trinajstić information content (AvgIpc) is 2.66. The Morgan fingerprint density at radius 2 is 1.70 bits per heavy atom. The van der Waals surface area contributed by atoms with Gasteiger partial charge in [0.1, 0.15) is 0 Å². The van der Waals surface area contributed by atoms with Crippen LogP contribution in [-0.2, 0) is 9.31 Å². The molecular weight excluding hydrogens is 293 g/mol. The number of nitrogens with two attached hydrogens (primary N) is 2. The number of hydrogen-bond donors (Lipinski definition) is 3. The molecule has 1 aliphatic rings. The van der Waals surface area contributed by atoms with E-state index in [1.54, 1.807) is 12.1 Å². The molecule has 0 bridgehead atoms. The third-order valence-corrected chi connectivity index (χ3v) is 4.32. The van der Waals surface area contributed by atoms with Crippen LogP contribution in [0, 0.1) is 0 Å². The Bertz CT molecular complexity index is 596. The molecule has 0 aromatic heterocycles. The lowest BCUT2D eigenvalue weighted by atomic mass is 9.77. The maximum atomic E-state index is 10.8. The van der Waals surface area contributed by atoms with Gasteiger partial charge >= 0.3 is 13.1 Å². The number of urea groups is 1. The summed E-state index contributed by atoms with van der Waals surface area (Å²) >= 11 is 0. The van der Waals surface area contributed by atoms with Crippen molar-refractivity contribution in [3.05, 3.63) is 35.3 Å². The Balaban J connectivity index is 2.18. The highest BCUT2D eigenvalue weighted by atomic mass is 16.7. The topological polar surface area (TPSA) is 99.6 Å². The molecule has 124 valence electrons. The van der Waals surface area contributed by atoms with E-state index in [0.717, 1.165) is 11.0 Å². The second kappa shape index (κ2) is 6.35. The first-order valence-corrected chi connectivity index (χ1v) is 7.57. The van der Waals surface area contributed by atoms with Crippen LogP contribution in [0.4, 0.5) is 10.5 Å². The number of primary amides is 1. The molecule has 0 radical (unpaired) electrons. The molecule has 2 rings (SSSR count). The van der Waals surface area contributed by atoms with Gasteiger partial charge in [0.15, 0.2) is 0 Å². The second-order valence-corrected chi connectivity index (χ2v) is 6.62. The van der Waals surface area contributed by atoms with Gasteiger partial charge in [-0.3, -0.25) is 0 Å². The summed E-state index contributed by atoms with van der Waals surface area (Å²) in [6.45, 7) is 8.35. The molecule has 1 aromatic carbocycles. The Kier molecular flexibility index (Phi) is 4.84. The largest absolute Gasteiger partial charge is 0.491 e. The van der Waals surface area contributed by atoms with E-state index in [1.165, 1.54) is 0 Å². The molecule has 23 heavy (non-hydrogen) atoms. The highest BCUT2D eigenvalue weighted by Crippen LogP contribution is 2.38. The molecule has 2 amide bonds. The van der Waals surface area contributed by atoms with Crippen molar-refractivity contribution in [3.63, 3.8) is 0 Å². The monoisotopic (exact) mass is 317 g/mol. The Hall–Kier alpha value is -1.83. The molecule has 1 fully saturated rings. The number of anilines is 1. The van der Waals surface area contributed by atoms with E-state index in [2.05, 4.69) is 5.32 Å². The number of nitrogens with one attached hydrogen (secondary N) is 1. The Morgan fingerprint density at radius 1 is 1.17 bits per heavy atom. The molecule has 0 saturated carbocycles. The first kappa shape index (κ1) is 17.5. The lowest BCUT2D eigenvalue weighted by Gasteiger charge is -2.32. The van der Waals surface area contributed by atoms with E-state index in [-0.39, 0.29) is 0 Å². The van der Waals surface area contributed by atoms with Gasteiger partial charge in [0, 0.05) is 12.2 Å². The van der Waals surface area contributed by atoms with Crippen molar-refractivity contribution in [2.75, 3.05) is 11.9 Å². The molecule has 0 unspecified atom stereocenters. The van der Waals surface area contributed by atoms with E-state index in [0.29, 0.717) is 12.2 Å². The maximum absolute atomic E-state index is 10.8. The van der Waals surface area contributed by atoms with Gasteiger partial charge in [-0.25, -0.2) is 4.79 Å². The maximum Gasteiger partial charge on any atom is 0.491 e. The van der Waals surface area contributed by atoms with Crippen LogP contribution in [0.5, 0.6) is 0 Å².